The quantitative estimate of drug-likeness (QED) is 0.656. The second-order valence-electron chi connectivity index (χ2n) is 9.13. The van der Waals surface area contributed by atoms with Crippen molar-refractivity contribution in [1.82, 2.24) is 0 Å². The number of halogens is 1. The molecule has 21 heavy (non-hydrogen) atoms. The molecule has 4 fully saturated rings. The summed E-state index contributed by atoms with van der Waals surface area (Å²) in [4.78, 5) is 0. The predicted molar refractivity (Wildman–Crippen MR) is 91.6 cm³/mol. The molecule has 1 nitrogen and oxygen atoms in total. The zero-order valence-corrected chi connectivity index (χ0v) is 14.8. The molecule has 122 valence electrons. The SMILES string of the molecule is CC12CCC3C(CCC4CCCCC43C)C1CCC2N.Cl. The topological polar surface area (TPSA) is 26.0 Å². The molecular weight excluding hydrogens is 278 g/mol. The van der Waals surface area contributed by atoms with E-state index in [9.17, 15) is 0 Å². The summed E-state index contributed by atoms with van der Waals surface area (Å²) in [6.45, 7) is 5.20. The summed E-state index contributed by atoms with van der Waals surface area (Å²) in [5.74, 6) is 4.06. The third-order valence-corrected chi connectivity index (χ3v) is 8.66. The lowest BCUT2D eigenvalue weighted by atomic mass is 9.45. The molecule has 0 amide bonds. The second-order valence-corrected chi connectivity index (χ2v) is 9.13. The van der Waals surface area contributed by atoms with Crippen molar-refractivity contribution in [3.05, 3.63) is 0 Å². The van der Waals surface area contributed by atoms with E-state index in [4.69, 9.17) is 5.73 Å². The molecule has 7 atom stereocenters. The number of fused-ring (bicyclic) bond motifs is 5. The maximum Gasteiger partial charge on any atom is 0.00957 e. The standard InChI is InChI=1S/C19H33N.ClH/c1-18-11-4-3-5-13(18)6-7-14-15-8-9-17(20)19(15,2)12-10-16(14)18;/h13-17H,3-12,20H2,1-2H3;1H. The molecule has 4 rings (SSSR count). The fraction of sp³-hybridized carbons (Fsp3) is 1.00. The van der Waals surface area contributed by atoms with E-state index >= 15 is 0 Å². The van der Waals surface area contributed by atoms with Crippen LogP contribution in [0.2, 0.25) is 0 Å². The van der Waals surface area contributed by atoms with Crippen molar-refractivity contribution in [2.45, 2.75) is 84.1 Å². The highest BCUT2D eigenvalue weighted by Crippen LogP contribution is 2.65. The maximum absolute atomic E-state index is 6.51. The van der Waals surface area contributed by atoms with Gasteiger partial charge in [0.25, 0.3) is 0 Å². The van der Waals surface area contributed by atoms with E-state index in [1.807, 2.05) is 0 Å². The minimum Gasteiger partial charge on any atom is -0.327 e. The summed E-state index contributed by atoms with van der Waals surface area (Å²) in [7, 11) is 0. The molecule has 0 heterocycles. The third-order valence-electron chi connectivity index (χ3n) is 8.66. The third kappa shape index (κ3) is 2.13. The number of rotatable bonds is 0. The van der Waals surface area contributed by atoms with Crippen LogP contribution in [0.4, 0.5) is 0 Å². The molecule has 4 aliphatic carbocycles. The molecule has 4 saturated carbocycles. The van der Waals surface area contributed by atoms with Crippen LogP contribution >= 0.6 is 12.4 Å². The van der Waals surface area contributed by atoms with Gasteiger partial charge in [-0.2, -0.15) is 0 Å². The number of hydrogen-bond acceptors (Lipinski definition) is 1. The number of hydrogen-bond donors (Lipinski definition) is 1. The molecular formula is C19H34ClN. The molecule has 0 radical (unpaired) electrons. The van der Waals surface area contributed by atoms with E-state index in [2.05, 4.69) is 13.8 Å². The van der Waals surface area contributed by atoms with Gasteiger partial charge in [-0.05, 0) is 85.9 Å². The first-order chi connectivity index (χ1) is 9.56. The molecule has 0 aromatic rings. The fourth-order valence-corrected chi connectivity index (χ4v) is 7.34. The van der Waals surface area contributed by atoms with Crippen LogP contribution in [0.5, 0.6) is 0 Å². The molecule has 0 aliphatic heterocycles. The van der Waals surface area contributed by atoms with Crippen LogP contribution < -0.4 is 5.73 Å². The first-order valence-electron chi connectivity index (χ1n) is 9.31. The van der Waals surface area contributed by atoms with Crippen molar-refractivity contribution < 1.29 is 0 Å². The monoisotopic (exact) mass is 311 g/mol. The summed E-state index contributed by atoms with van der Waals surface area (Å²) >= 11 is 0. The van der Waals surface area contributed by atoms with E-state index in [0.29, 0.717) is 16.9 Å². The van der Waals surface area contributed by atoms with Gasteiger partial charge in [-0.3, -0.25) is 0 Å². The Hall–Kier alpha value is 0.250. The molecule has 4 aliphatic rings. The first-order valence-corrected chi connectivity index (χ1v) is 9.31. The Labute approximate surface area is 137 Å². The summed E-state index contributed by atoms with van der Waals surface area (Å²) in [6, 6.07) is 0.491. The van der Waals surface area contributed by atoms with Crippen LogP contribution in [-0.2, 0) is 0 Å². The van der Waals surface area contributed by atoms with Gasteiger partial charge in [0.15, 0.2) is 0 Å². The summed E-state index contributed by atoms with van der Waals surface area (Å²) in [6.07, 6.45) is 14.7. The largest absolute Gasteiger partial charge is 0.327 e. The van der Waals surface area contributed by atoms with E-state index in [-0.39, 0.29) is 12.4 Å². The predicted octanol–water partition coefficient (Wildman–Crippen LogP) is 5.17. The Bertz CT molecular complexity index is 397. The van der Waals surface area contributed by atoms with E-state index in [1.165, 1.54) is 64.2 Å². The smallest absolute Gasteiger partial charge is 0.00957 e. The van der Waals surface area contributed by atoms with Gasteiger partial charge in [0.2, 0.25) is 0 Å². The zero-order valence-electron chi connectivity index (χ0n) is 13.9. The van der Waals surface area contributed by atoms with Crippen LogP contribution in [0.25, 0.3) is 0 Å². The van der Waals surface area contributed by atoms with Crippen molar-refractivity contribution in [1.29, 1.82) is 0 Å². The fourth-order valence-electron chi connectivity index (χ4n) is 7.34. The molecule has 0 aromatic heterocycles. The average molecular weight is 312 g/mol. The van der Waals surface area contributed by atoms with Crippen molar-refractivity contribution in [3.8, 4) is 0 Å². The van der Waals surface area contributed by atoms with Crippen molar-refractivity contribution >= 4 is 12.4 Å². The Morgan fingerprint density at radius 1 is 0.762 bits per heavy atom. The van der Waals surface area contributed by atoms with Gasteiger partial charge in [0.1, 0.15) is 0 Å². The van der Waals surface area contributed by atoms with Gasteiger partial charge in [-0.15, -0.1) is 12.4 Å². The number of nitrogens with two attached hydrogens (primary N) is 1. The van der Waals surface area contributed by atoms with Crippen LogP contribution in [0.3, 0.4) is 0 Å². The van der Waals surface area contributed by atoms with Gasteiger partial charge in [-0.25, -0.2) is 0 Å². The highest BCUT2D eigenvalue weighted by atomic mass is 35.5. The van der Waals surface area contributed by atoms with Gasteiger partial charge >= 0.3 is 0 Å². The van der Waals surface area contributed by atoms with Crippen LogP contribution in [0, 0.1) is 34.5 Å². The summed E-state index contributed by atoms with van der Waals surface area (Å²) < 4.78 is 0. The van der Waals surface area contributed by atoms with Crippen LogP contribution in [0.1, 0.15) is 78.1 Å². The zero-order chi connectivity index (χ0) is 14.0. The lowest BCUT2D eigenvalue weighted by molar-refractivity contribution is -0.105. The molecule has 0 aromatic carbocycles. The molecule has 2 N–H and O–H groups in total. The maximum atomic E-state index is 6.51. The van der Waals surface area contributed by atoms with E-state index in [1.54, 1.807) is 0 Å². The lowest BCUT2D eigenvalue weighted by Gasteiger charge is -2.60. The van der Waals surface area contributed by atoms with Crippen LogP contribution in [-0.4, -0.2) is 6.04 Å². The van der Waals surface area contributed by atoms with Crippen molar-refractivity contribution in [2.24, 2.45) is 40.2 Å². The van der Waals surface area contributed by atoms with Gasteiger partial charge in [0, 0.05) is 6.04 Å². The molecule has 0 bridgehead atoms. The first kappa shape index (κ1) is 16.1. The van der Waals surface area contributed by atoms with Gasteiger partial charge in [-0.1, -0.05) is 26.7 Å². The van der Waals surface area contributed by atoms with Crippen molar-refractivity contribution in [3.63, 3.8) is 0 Å². The minimum atomic E-state index is 0. The van der Waals surface area contributed by atoms with Gasteiger partial charge < -0.3 is 5.73 Å². The highest BCUT2D eigenvalue weighted by molar-refractivity contribution is 5.85. The molecule has 0 spiro atoms. The lowest BCUT2D eigenvalue weighted by Crippen LogP contribution is -2.54. The Morgan fingerprint density at radius 2 is 1.52 bits per heavy atom. The molecule has 7 unspecified atom stereocenters. The second kappa shape index (κ2) is 5.41. The normalized spacial score (nSPS) is 55.9. The van der Waals surface area contributed by atoms with E-state index < -0.39 is 0 Å². The minimum absolute atomic E-state index is 0. The summed E-state index contributed by atoms with van der Waals surface area (Å²) in [5, 5.41) is 0. The van der Waals surface area contributed by atoms with Crippen molar-refractivity contribution in [2.75, 3.05) is 0 Å². The Balaban J connectivity index is 0.00000132. The van der Waals surface area contributed by atoms with Crippen LogP contribution in [0.15, 0.2) is 0 Å². The Kier molecular flexibility index (Phi) is 4.15. The van der Waals surface area contributed by atoms with Gasteiger partial charge in [0.05, 0.1) is 0 Å². The average Bonchev–Trinajstić information content (AvgIpc) is 2.74. The van der Waals surface area contributed by atoms with E-state index in [0.717, 1.165) is 23.7 Å². The summed E-state index contributed by atoms with van der Waals surface area (Å²) in [5.41, 5.74) is 7.69. The molecule has 0 saturated heterocycles. The highest BCUT2D eigenvalue weighted by Gasteiger charge is 2.58. The Morgan fingerprint density at radius 3 is 2.33 bits per heavy atom. The molecule has 2 heteroatoms.